The fraction of sp³-hybridized carbons (Fsp3) is 0.300. The average Bonchev–Trinajstić information content (AvgIpc) is 3.59. The standard InChI is InChI=1S/C30H30FN3O3/c1-2-20-7-5-8-21-24(18-32-29(20)21)23(22-9-6-12-27-30(22)37-19-36-27)17-28(35)34-15-13-33(14-16-34)26-11-4-3-10-25(26)31/h3-12,18,23,32H,2,13-17,19H2,1H3/t23-/m0/s1. The van der Waals surface area contributed by atoms with Crippen molar-refractivity contribution >= 4 is 22.5 Å². The Hall–Kier alpha value is -4.00. The van der Waals surface area contributed by atoms with Crippen LogP contribution in [0.3, 0.4) is 0 Å². The number of piperazine rings is 1. The molecule has 2 aliphatic rings. The van der Waals surface area contributed by atoms with E-state index in [1.54, 1.807) is 12.1 Å². The Bertz CT molecular complexity index is 1440. The molecular weight excluding hydrogens is 469 g/mol. The second-order valence-electron chi connectivity index (χ2n) is 9.59. The van der Waals surface area contributed by atoms with Crippen LogP contribution in [-0.4, -0.2) is 48.8 Å². The molecule has 1 aromatic heterocycles. The summed E-state index contributed by atoms with van der Waals surface area (Å²) < 4.78 is 25.8. The Balaban J connectivity index is 1.29. The molecule has 0 spiro atoms. The summed E-state index contributed by atoms with van der Waals surface area (Å²) in [5.41, 5.74) is 4.98. The summed E-state index contributed by atoms with van der Waals surface area (Å²) in [6.45, 7) is 4.63. The fourth-order valence-electron chi connectivity index (χ4n) is 5.65. The Labute approximate surface area is 215 Å². The minimum absolute atomic E-state index is 0.0794. The van der Waals surface area contributed by atoms with Crippen LogP contribution >= 0.6 is 0 Å². The van der Waals surface area contributed by atoms with Gasteiger partial charge in [0.25, 0.3) is 0 Å². The fourth-order valence-corrected chi connectivity index (χ4v) is 5.65. The number of benzene rings is 3. The molecule has 1 amide bonds. The first-order chi connectivity index (χ1) is 18.1. The van der Waals surface area contributed by atoms with Crippen molar-refractivity contribution in [2.24, 2.45) is 0 Å². The SMILES string of the molecule is CCc1cccc2c([C@@H](CC(=O)N3CCN(c4ccccc4F)CC3)c3cccc4c3OCO4)c[nH]c12. The Kier molecular flexibility index (Phi) is 6.20. The van der Waals surface area contributed by atoms with Crippen molar-refractivity contribution in [2.75, 3.05) is 37.9 Å². The maximum atomic E-state index is 14.3. The number of anilines is 1. The van der Waals surface area contributed by atoms with Gasteiger partial charge in [-0.1, -0.05) is 49.4 Å². The van der Waals surface area contributed by atoms with E-state index in [9.17, 15) is 9.18 Å². The van der Waals surface area contributed by atoms with Crippen molar-refractivity contribution in [2.45, 2.75) is 25.7 Å². The van der Waals surface area contributed by atoms with Gasteiger partial charge >= 0.3 is 0 Å². The Morgan fingerprint density at radius 2 is 1.78 bits per heavy atom. The molecule has 7 heteroatoms. The number of carbonyl (C=O) groups excluding carboxylic acids is 1. The highest BCUT2D eigenvalue weighted by atomic mass is 19.1. The number of nitrogens with zero attached hydrogens (tertiary/aromatic N) is 2. The molecule has 1 fully saturated rings. The molecule has 1 atom stereocenters. The summed E-state index contributed by atoms with van der Waals surface area (Å²) in [5.74, 6) is 1.08. The lowest BCUT2D eigenvalue weighted by Gasteiger charge is -2.36. The van der Waals surface area contributed by atoms with Crippen LogP contribution in [0.5, 0.6) is 11.5 Å². The first-order valence-electron chi connectivity index (χ1n) is 12.9. The molecule has 6 nitrogen and oxygen atoms in total. The highest BCUT2D eigenvalue weighted by molar-refractivity contribution is 5.88. The van der Waals surface area contributed by atoms with Gasteiger partial charge in [0, 0.05) is 61.2 Å². The lowest BCUT2D eigenvalue weighted by Crippen LogP contribution is -2.49. The van der Waals surface area contributed by atoms with Gasteiger partial charge in [0.15, 0.2) is 11.5 Å². The summed E-state index contributed by atoms with van der Waals surface area (Å²) in [6.07, 6.45) is 3.26. The van der Waals surface area contributed by atoms with Crippen molar-refractivity contribution < 1.29 is 18.7 Å². The Morgan fingerprint density at radius 1 is 0.973 bits per heavy atom. The van der Waals surface area contributed by atoms with Crippen LogP contribution in [0.1, 0.15) is 36.0 Å². The number of nitrogens with one attached hydrogen (secondary N) is 1. The first kappa shape index (κ1) is 23.4. The minimum Gasteiger partial charge on any atom is -0.454 e. The molecule has 0 bridgehead atoms. The number of carbonyl (C=O) groups is 1. The van der Waals surface area contributed by atoms with Crippen LogP contribution in [0.15, 0.2) is 66.9 Å². The van der Waals surface area contributed by atoms with Gasteiger partial charge in [-0.15, -0.1) is 0 Å². The predicted octanol–water partition coefficient (Wildman–Crippen LogP) is 5.47. The third kappa shape index (κ3) is 4.28. The quantitative estimate of drug-likeness (QED) is 0.382. The highest BCUT2D eigenvalue weighted by Gasteiger charge is 2.31. The monoisotopic (exact) mass is 499 g/mol. The van der Waals surface area contributed by atoms with E-state index in [2.05, 4.69) is 30.1 Å². The first-order valence-corrected chi connectivity index (χ1v) is 12.9. The van der Waals surface area contributed by atoms with Gasteiger partial charge < -0.3 is 24.3 Å². The lowest BCUT2D eigenvalue weighted by molar-refractivity contribution is -0.131. The summed E-state index contributed by atoms with van der Waals surface area (Å²) in [7, 11) is 0. The third-order valence-corrected chi connectivity index (χ3v) is 7.60. The zero-order chi connectivity index (χ0) is 25.4. The number of ether oxygens (including phenoxy) is 2. The number of amides is 1. The number of aromatic nitrogens is 1. The molecule has 0 unspecified atom stereocenters. The molecular formula is C30H30FN3O3. The van der Waals surface area contributed by atoms with Crippen LogP contribution in [0.25, 0.3) is 10.9 Å². The van der Waals surface area contributed by atoms with Crippen LogP contribution in [0.4, 0.5) is 10.1 Å². The number of H-pyrrole nitrogens is 1. The van der Waals surface area contributed by atoms with E-state index >= 15 is 0 Å². The third-order valence-electron chi connectivity index (χ3n) is 7.60. The van der Waals surface area contributed by atoms with Gasteiger partial charge in [-0.25, -0.2) is 4.39 Å². The number of aromatic amines is 1. The van der Waals surface area contributed by atoms with E-state index in [1.165, 1.54) is 11.6 Å². The van der Waals surface area contributed by atoms with Crippen molar-refractivity contribution in [1.29, 1.82) is 0 Å². The smallest absolute Gasteiger partial charge is 0.231 e. The summed E-state index contributed by atoms with van der Waals surface area (Å²) in [4.78, 5) is 21.1. The van der Waals surface area contributed by atoms with Gasteiger partial charge in [-0.2, -0.15) is 0 Å². The van der Waals surface area contributed by atoms with Crippen LogP contribution < -0.4 is 14.4 Å². The Morgan fingerprint density at radius 3 is 2.59 bits per heavy atom. The van der Waals surface area contributed by atoms with Crippen LogP contribution in [-0.2, 0) is 11.2 Å². The van der Waals surface area contributed by atoms with E-state index in [-0.39, 0.29) is 24.4 Å². The average molecular weight is 500 g/mol. The molecule has 3 aromatic carbocycles. The van der Waals surface area contributed by atoms with Gasteiger partial charge in [-0.3, -0.25) is 4.79 Å². The molecule has 2 aliphatic heterocycles. The molecule has 6 rings (SSSR count). The molecule has 0 aliphatic carbocycles. The molecule has 1 N–H and O–H groups in total. The van der Waals surface area contributed by atoms with Gasteiger partial charge in [-0.05, 0) is 35.7 Å². The second kappa shape index (κ2) is 9.81. The highest BCUT2D eigenvalue weighted by Crippen LogP contribution is 2.44. The van der Waals surface area contributed by atoms with E-state index in [0.717, 1.165) is 28.5 Å². The van der Waals surface area contributed by atoms with Crippen LogP contribution in [0, 0.1) is 5.82 Å². The largest absolute Gasteiger partial charge is 0.454 e. The number of hydrogen-bond acceptors (Lipinski definition) is 4. The molecule has 0 radical (unpaired) electrons. The van der Waals surface area contributed by atoms with E-state index < -0.39 is 0 Å². The van der Waals surface area contributed by atoms with Crippen LogP contribution in [0.2, 0.25) is 0 Å². The summed E-state index contributed by atoms with van der Waals surface area (Å²) in [6, 6.07) is 19.0. The number of rotatable bonds is 6. The van der Waals surface area contributed by atoms with Crippen molar-refractivity contribution in [3.63, 3.8) is 0 Å². The van der Waals surface area contributed by atoms with Crippen molar-refractivity contribution in [1.82, 2.24) is 9.88 Å². The number of halogens is 1. The van der Waals surface area contributed by atoms with Crippen molar-refractivity contribution in [3.05, 3.63) is 89.4 Å². The lowest BCUT2D eigenvalue weighted by atomic mass is 9.86. The number of hydrogen-bond donors (Lipinski definition) is 1. The zero-order valence-electron chi connectivity index (χ0n) is 20.9. The van der Waals surface area contributed by atoms with Gasteiger partial charge in [0.05, 0.1) is 5.69 Å². The minimum atomic E-state index is -0.228. The number of para-hydroxylation sites is 3. The van der Waals surface area contributed by atoms with Gasteiger partial charge in [0.2, 0.25) is 12.7 Å². The predicted molar refractivity (Wildman–Crippen MR) is 142 cm³/mol. The van der Waals surface area contributed by atoms with Crippen molar-refractivity contribution in [3.8, 4) is 11.5 Å². The maximum absolute atomic E-state index is 14.3. The molecule has 3 heterocycles. The normalized spacial score (nSPS) is 15.8. The second-order valence-corrected chi connectivity index (χ2v) is 9.59. The molecule has 190 valence electrons. The van der Waals surface area contributed by atoms with Gasteiger partial charge in [0.1, 0.15) is 5.82 Å². The summed E-state index contributed by atoms with van der Waals surface area (Å²) in [5, 5.41) is 1.12. The topological polar surface area (TPSA) is 57.8 Å². The maximum Gasteiger partial charge on any atom is 0.231 e. The van der Waals surface area contributed by atoms with E-state index in [1.807, 2.05) is 40.3 Å². The molecule has 1 saturated heterocycles. The zero-order valence-corrected chi connectivity index (χ0v) is 20.9. The van der Waals surface area contributed by atoms with E-state index in [4.69, 9.17) is 9.47 Å². The number of fused-ring (bicyclic) bond motifs is 2. The molecule has 4 aromatic rings. The van der Waals surface area contributed by atoms with E-state index in [0.29, 0.717) is 49.8 Å². The summed E-state index contributed by atoms with van der Waals surface area (Å²) >= 11 is 0. The molecule has 0 saturated carbocycles. The number of aryl methyl sites for hydroxylation is 1. The molecule has 37 heavy (non-hydrogen) atoms.